The molecule has 0 aliphatic heterocycles. The highest BCUT2D eigenvalue weighted by Gasteiger charge is 2.03. The fourth-order valence-corrected chi connectivity index (χ4v) is 2.85. The smallest absolute Gasteiger partial charge is 0.124 e. The lowest BCUT2D eigenvalue weighted by Gasteiger charge is -2.10. The van der Waals surface area contributed by atoms with Gasteiger partial charge in [0.2, 0.25) is 0 Å². The summed E-state index contributed by atoms with van der Waals surface area (Å²) in [5.74, 6) is 2.36. The van der Waals surface area contributed by atoms with Crippen molar-refractivity contribution < 1.29 is 19.3 Å². The molecule has 0 aromatic heterocycles. The minimum absolute atomic E-state index is 0.213. The predicted molar refractivity (Wildman–Crippen MR) is 117 cm³/mol. The number of benzene rings is 3. The van der Waals surface area contributed by atoms with Crippen molar-refractivity contribution in [2.24, 2.45) is 0 Å². The number of hydrogen-bond acceptors (Lipinski definition) is 5. The van der Waals surface area contributed by atoms with Crippen molar-refractivity contribution in [1.82, 2.24) is 0 Å². The van der Waals surface area contributed by atoms with Crippen LogP contribution in [0.3, 0.4) is 0 Å². The molecule has 0 saturated carbocycles. The van der Waals surface area contributed by atoms with Crippen LogP contribution in [-0.2, 0) is 6.54 Å². The van der Waals surface area contributed by atoms with Crippen LogP contribution in [0.4, 0.5) is 5.69 Å². The summed E-state index contributed by atoms with van der Waals surface area (Å²) in [4.78, 5) is 0. The SMILES string of the molecule is COc1cc(/C=C/c2ccc(NCc3ccc(OC)cc3O)cc2)cc(OC)c1. The van der Waals surface area contributed by atoms with E-state index in [-0.39, 0.29) is 5.75 Å². The van der Waals surface area contributed by atoms with Crippen molar-refractivity contribution in [3.63, 3.8) is 0 Å². The second kappa shape index (κ2) is 9.55. The molecular formula is C24H25NO4. The molecule has 0 aliphatic carbocycles. The summed E-state index contributed by atoms with van der Waals surface area (Å²) >= 11 is 0. The molecule has 0 saturated heterocycles. The Morgan fingerprint density at radius 2 is 1.34 bits per heavy atom. The van der Waals surface area contributed by atoms with Gasteiger partial charge in [0.15, 0.2) is 0 Å². The monoisotopic (exact) mass is 391 g/mol. The molecule has 3 rings (SSSR count). The van der Waals surface area contributed by atoms with Crippen molar-refractivity contribution >= 4 is 17.8 Å². The Hall–Kier alpha value is -3.60. The lowest BCUT2D eigenvalue weighted by molar-refractivity contribution is 0.394. The van der Waals surface area contributed by atoms with Crippen LogP contribution in [0.1, 0.15) is 16.7 Å². The molecular weight excluding hydrogens is 366 g/mol. The van der Waals surface area contributed by atoms with E-state index >= 15 is 0 Å². The molecule has 0 fully saturated rings. The topological polar surface area (TPSA) is 60.0 Å². The van der Waals surface area contributed by atoms with Gasteiger partial charge in [-0.15, -0.1) is 0 Å². The molecule has 0 amide bonds. The number of nitrogens with one attached hydrogen (secondary N) is 1. The minimum atomic E-state index is 0.213. The van der Waals surface area contributed by atoms with E-state index in [9.17, 15) is 5.11 Å². The fourth-order valence-electron chi connectivity index (χ4n) is 2.85. The van der Waals surface area contributed by atoms with Gasteiger partial charge in [-0.25, -0.2) is 0 Å². The molecule has 5 nitrogen and oxygen atoms in total. The first-order valence-corrected chi connectivity index (χ1v) is 9.22. The Morgan fingerprint density at radius 3 is 1.93 bits per heavy atom. The van der Waals surface area contributed by atoms with E-state index in [2.05, 4.69) is 5.32 Å². The zero-order valence-corrected chi connectivity index (χ0v) is 16.8. The maximum Gasteiger partial charge on any atom is 0.124 e. The number of phenols is 1. The first-order chi connectivity index (χ1) is 14.1. The van der Waals surface area contributed by atoms with Crippen LogP contribution >= 0.6 is 0 Å². The number of phenolic OH excluding ortho intramolecular Hbond substituents is 1. The number of rotatable bonds is 8. The highest BCUT2D eigenvalue weighted by Crippen LogP contribution is 2.25. The van der Waals surface area contributed by atoms with Crippen LogP contribution in [0.25, 0.3) is 12.2 Å². The number of ether oxygens (including phenoxy) is 3. The molecule has 29 heavy (non-hydrogen) atoms. The summed E-state index contributed by atoms with van der Waals surface area (Å²) < 4.78 is 15.7. The molecule has 5 heteroatoms. The highest BCUT2D eigenvalue weighted by atomic mass is 16.5. The lowest BCUT2D eigenvalue weighted by atomic mass is 10.1. The Kier molecular flexibility index (Phi) is 6.63. The molecule has 3 aromatic carbocycles. The van der Waals surface area contributed by atoms with Crippen molar-refractivity contribution in [3.8, 4) is 23.0 Å². The second-order valence-corrected chi connectivity index (χ2v) is 6.45. The molecule has 0 heterocycles. The van der Waals surface area contributed by atoms with Gasteiger partial charge >= 0.3 is 0 Å². The molecule has 0 radical (unpaired) electrons. The van der Waals surface area contributed by atoms with Gasteiger partial charge in [-0.3, -0.25) is 0 Å². The van der Waals surface area contributed by atoms with E-state index in [1.807, 2.05) is 66.7 Å². The second-order valence-electron chi connectivity index (χ2n) is 6.45. The Bertz CT molecular complexity index is 958. The third-order valence-electron chi connectivity index (χ3n) is 4.53. The van der Waals surface area contributed by atoms with E-state index in [0.29, 0.717) is 12.3 Å². The Labute approximate surface area is 171 Å². The van der Waals surface area contributed by atoms with Crippen LogP contribution in [0, 0.1) is 0 Å². The maximum atomic E-state index is 10.1. The Balaban J connectivity index is 1.64. The number of anilines is 1. The van der Waals surface area contributed by atoms with Crippen molar-refractivity contribution in [2.75, 3.05) is 26.6 Å². The van der Waals surface area contributed by atoms with Gasteiger partial charge in [-0.1, -0.05) is 24.3 Å². The van der Waals surface area contributed by atoms with Crippen LogP contribution in [0.2, 0.25) is 0 Å². The van der Waals surface area contributed by atoms with Crippen molar-refractivity contribution in [1.29, 1.82) is 0 Å². The summed E-state index contributed by atoms with van der Waals surface area (Å²) in [5.41, 5.74) is 3.85. The van der Waals surface area contributed by atoms with Gasteiger partial charge in [0.05, 0.1) is 21.3 Å². The third-order valence-corrected chi connectivity index (χ3v) is 4.53. The van der Waals surface area contributed by atoms with E-state index in [1.54, 1.807) is 27.4 Å². The van der Waals surface area contributed by atoms with E-state index in [1.165, 1.54) is 0 Å². The largest absolute Gasteiger partial charge is 0.507 e. The summed E-state index contributed by atoms with van der Waals surface area (Å²) in [6.45, 7) is 0.522. The van der Waals surface area contributed by atoms with Gasteiger partial charge in [0.25, 0.3) is 0 Å². The average molecular weight is 391 g/mol. The van der Waals surface area contributed by atoms with Crippen LogP contribution < -0.4 is 19.5 Å². The number of methoxy groups -OCH3 is 3. The van der Waals surface area contributed by atoms with Gasteiger partial charge in [-0.05, 0) is 47.5 Å². The van der Waals surface area contributed by atoms with E-state index in [0.717, 1.165) is 33.9 Å². The highest BCUT2D eigenvalue weighted by molar-refractivity contribution is 5.71. The average Bonchev–Trinajstić information content (AvgIpc) is 2.77. The van der Waals surface area contributed by atoms with Crippen molar-refractivity contribution in [3.05, 3.63) is 77.4 Å². The molecule has 0 unspecified atom stereocenters. The van der Waals surface area contributed by atoms with Gasteiger partial charge < -0.3 is 24.6 Å². The van der Waals surface area contributed by atoms with Crippen LogP contribution in [0.5, 0.6) is 23.0 Å². The molecule has 3 aromatic rings. The predicted octanol–water partition coefficient (Wildman–Crippen LogP) is 5.20. The molecule has 2 N–H and O–H groups in total. The minimum Gasteiger partial charge on any atom is -0.507 e. The summed E-state index contributed by atoms with van der Waals surface area (Å²) in [6.07, 6.45) is 4.05. The zero-order chi connectivity index (χ0) is 20.6. The Morgan fingerprint density at radius 1 is 0.724 bits per heavy atom. The molecule has 0 aliphatic rings. The first-order valence-electron chi connectivity index (χ1n) is 9.22. The summed E-state index contributed by atoms with van der Waals surface area (Å²) in [5, 5.41) is 13.4. The van der Waals surface area contributed by atoms with Crippen LogP contribution in [0.15, 0.2) is 60.7 Å². The van der Waals surface area contributed by atoms with Crippen LogP contribution in [-0.4, -0.2) is 26.4 Å². The van der Waals surface area contributed by atoms with Gasteiger partial charge in [0.1, 0.15) is 23.0 Å². The zero-order valence-electron chi connectivity index (χ0n) is 16.8. The van der Waals surface area contributed by atoms with Crippen molar-refractivity contribution in [2.45, 2.75) is 6.54 Å². The normalized spacial score (nSPS) is 10.7. The molecule has 0 spiro atoms. The van der Waals surface area contributed by atoms with E-state index < -0.39 is 0 Å². The van der Waals surface area contributed by atoms with Gasteiger partial charge in [-0.2, -0.15) is 0 Å². The summed E-state index contributed by atoms with van der Waals surface area (Å²) in [6, 6.07) is 19.1. The molecule has 0 bridgehead atoms. The molecule has 0 atom stereocenters. The number of hydrogen-bond donors (Lipinski definition) is 2. The van der Waals surface area contributed by atoms with E-state index in [4.69, 9.17) is 14.2 Å². The summed E-state index contributed by atoms with van der Waals surface area (Å²) in [7, 11) is 4.85. The number of aromatic hydroxyl groups is 1. The lowest BCUT2D eigenvalue weighted by Crippen LogP contribution is -1.99. The quantitative estimate of drug-likeness (QED) is 0.517. The fraction of sp³-hybridized carbons (Fsp3) is 0.167. The standard InChI is InChI=1S/C24H25NO4/c1-27-21-11-8-19(24(26)15-21)16-25-20-9-6-17(7-10-20)4-5-18-12-22(28-2)14-23(13-18)29-3/h4-15,25-26H,16H2,1-3H3/b5-4+. The van der Waals surface area contributed by atoms with Gasteiger partial charge in [0, 0.05) is 29.9 Å². The maximum absolute atomic E-state index is 10.1. The first kappa shape index (κ1) is 20.1. The molecule has 150 valence electrons. The third kappa shape index (κ3) is 5.45.